The van der Waals surface area contributed by atoms with E-state index >= 15 is 0 Å². The van der Waals surface area contributed by atoms with Crippen molar-refractivity contribution >= 4 is 55.5 Å². The van der Waals surface area contributed by atoms with Crippen molar-refractivity contribution < 1.29 is 34.3 Å². The first-order chi connectivity index (χ1) is 17.8. The molecule has 5 rings (SSSR count). The van der Waals surface area contributed by atoms with Crippen molar-refractivity contribution in [3.05, 3.63) is 52.9 Å². The van der Waals surface area contributed by atoms with Crippen LogP contribution in [0.4, 0.5) is 5.69 Å². The van der Waals surface area contributed by atoms with Crippen molar-refractivity contribution in [2.45, 2.75) is 5.25 Å². The van der Waals surface area contributed by atoms with Crippen LogP contribution in [0.1, 0.15) is 5.69 Å². The number of aliphatic hydroxyl groups is 2. The van der Waals surface area contributed by atoms with Gasteiger partial charge in [-0.05, 0) is 24.3 Å². The number of nitrogens with zero attached hydrogens (tertiary/aromatic N) is 2. The van der Waals surface area contributed by atoms with Crippen LogP contribution in [0.3, 0.4) is 0 Å². The van der Waals surface area contributed by atoms with Gasteiger partial charge in [-0.15, -0.1) is 0 Å². The highest BCUT2D eigenvalue weighted by atomic mass is 32.2. The van der Waals surface area contributed by atoms with Crippen LogP contribution >= 0.6 is 24.0 Å². The molecule has 15 heteroatoms. The number of hydrogen-bond acceptors (Lipinski definition) is 10. The lowest BCUT2D eigenvalue weighted by molar-refractivity contribution is 0.201. The molecule has 2 aromatic heterocycles. The molecule has 2 aliphatic rings. The Labute approximate surface area is 236 Å². The summed E-state index contributed by atoms with van der Waals surface area (Å²) in [5.41, 5.74) is 8.50. The molecule has 1 saturated heterocycles. The molecular weight excluding hydrogens is 566 g/mol. The second-order valence-electron chi connectivity index (χ2n) is 8.30. The third-order valence-electron chi connectivity index (χ3n) is 5.62. The summed E-state index contributed by atoms with van der Waals surface area (Å²) in [5.74, 6) is 1.13. The highest BCUT2D eigenvalue weighted by Gasteiger charge is 2.27. The summed E-state index contributed by atoms with van der Waals surface area (Å²) < 4.78 is 29.4. The van der Waals surface area contributed by atoms with Gasteiger partial charge in [0.2, 0.25) is 0 Å². The SMILES string of the molecule is CO.Nc1cc(OCCO)cc2cc(C3=NCC(CN4CCS(=O)(=O)CC4)S3)[nH]c12.O.O.S=c1cccc[nH]1. The number of ether oxygens (including phenoxy) is 1. The van der Waals surface area contributed by atoms with Gasteiger partial charge in [-0.3, -0.25) is 4.99 Å². The Morgan fingerprint density at radius 1 is 1.21 bits per heavy atom. The highest BCUT2D eigenvalue weighted by molar-refractivity contribution is 8.15. The number of rotatable bonds is 6. The van der Waals surface area contributed by atoms with Crippen LogP contribution in [-0.4, -0.2) is 113 Å². The van der Waals surface area contributed by atoms with Crippen LogP contribution in [0, 0.1) is 4.64 Å². The summed E-state index contributed by atoms with van der Waals surface area (Å²) in [6.45, 7) is 2.95. The second-order valence-corrected chi connectivity index (χ2v) is 12.3. The number of thioether (sulfide) groups is 1. The number of aliphatic hydroxyl groups excluding tert-OH is 2. The Morgan fingerprint density at radius 3 is 2.51 bits per heavy atom. The molecule has 4 heterocycles. The van der Waals surface area contributed by atoms with E-state index in [0.29, 0.717) is 29.8 Å². The summed E-state index contributed by atoms with van der Waals surface area (Å²) in [4.78, 5) is 13.1. The molecular formula is C24H37N5O7S3. The van der Waals surface area contributed by atoms with Gasteiger partial charge >= 0.3 is 0 Å². The normalized spacial score (nSPS) is 17.8. The zero-order chi connectivity index (χ0) is 26.8. The number of fused-ring (bicyclic) bond motifs is 1. The Balaban J connectivity index is 0.000000597. The van der Waals surface area contributed by atoms with E-state index in [2.05, 4.69) is 19.9 Å². The van der Waals surface area contributed by atoms with Crippen LogP contribution in [0.25, 0.3) is 10.9 Å². The number of aromatic amines is 2. The number of pyridine rings is 1. The van der Waals surface area contributed by atoms with E-state index < -0.39 is 9.84 Å². The summed E-state index contributed by atoms with van der Waals surface area (Å²) in [5, 5.41) is 18.1. The van der Waals surface area contributed by atoms with Gasteiger partial charge in [0.05, 0.1) is 41.6 Å². The molecule has 1 atom stereocenters. The maximum absolute atomic E-state index is 11.6. The number of H-pyrrole nitrogens is 2. The predicted octanol–water partition coefficient (Wildman–Crippen LogP) is 0.417. The molecule has 12 nitrogen and oxygen atoms in total. The number of nitrogens with one attached hydrogen (secondary N) is 2. The molecule has 1 aromatic carbocycles. The van der Waals surface area contributed by atoms with Crippen molar-refractivity contribution in [1.29, 1.82) is 0 Å². The summed E-state index contributed by atoms with van der Waals surface area (Å²) in [6.07, 6.45) is 1.81. The van der Waals surface area contributed by atoms with Crippen molar-refractivity contribution in [3.63, 3.8) is 0 Å². The Bertz CT molecular complexity index is 1330. The average molecular weight is 604 g/mol. The molecule has 39 heavy (non-hydrogen) atoms. The molecule has 1 unspecified atom stereocenters. The molecule has 10 N–H and O–H groups in total. The Hall–Kier alpha value is -2.50. The first-order valence-corrected chi connectivity index (χ1v) is 14.8. The molecule has 0 aliphatic carbocycles. The van der Waals surface area contributed by atoms with Gasteiger partial charge in [-0.2, -0.15) is 0 Å². The molecule has 0 radical (unpaired) electrons. The van der Waals surface area contributed by atoms with E-state index in [1.807, 2.05) is 36.5 Å². The van der Waals surface area contributed by atoms with Crippen LogP contribution in [0.2, 0.25) is 0 Å². The standard InChI is InChI=1S/C18H24N4O4S2.C5H5NS.CH4O.2H2O/c19-15-9-13(26-4-3-23)7-12-8-16(21-17(12)15)18-20-10-14(27-18)11-22-1-5-28(24,25)6-2-22;7-5-3-1-2-4-6-5;1-2;;/h7-9,14,21,23H,1-6,10-11,19H2;1-4H,(H,6,7);2H,1H3;2*1H2. The topological polar surface area (TPSA) is 220 Å². The van der Waals surface area contributed by atoms with E-state index in [-0.39, 0.29) is 35.7 Å². The lowest BCUT2D eigenvalue weighted by atomic mass is 10.2. The van der Waals surface area contributed by atoms with Crippen molar-refractivity contribution in [2.75, 3.05) is 63.7 Å². The molecule has 218 valence electrons. The average Bonchev–Trinajstić information content (AvgIpc) is 3.54. The van der Waals surface area contributed by atoms with Crippen LogP contribution in [-0.2, 0) is 9.84 Å². The summed E-state index contributed by atoms with van der Waals surface area (Å²) >= 11 is 6.48. The minimum absolute atomic E-state index is 0. The number of anilines is 1. The van der Waals surface area contributed by atoms with Crippen LogP contribution in [0.15, 0.2) is 47.6 Å². The fourth-order valence-corrected chi connectivity index (χ4v) is 6.42. The monoisotopic (exact) mass is 603 g/mol. The third kappa shape index (κ3) is 10.2. The fraction of sp³-hybridized carbons (Fsp3) is 0.417. The van der Waals surface area contributed by atoms with Crippen LogP contribution < -0.4 is 10.5 Å². The molecule has 0 spiro atoms. The number of nitrogens with two attached hydrogens (primary N) is 1. The van der Waals surface area contributed by atoms with Gasteiger partial charge in [-0.25, -0.2) is 8.42 Å². The van der Waals surface area contributed by atoms with Gasteiger partial charge < -0.3 is 46.5 Å². The largest absolute Gasteiger partial charge is 0.491 e. The van der Waals surface area contributed by atoms with Gasteiger partial charge in [0.15, 0.2) is 9.84 Å². The van der Waals surface area contributed by atoms with E-state index in [0.717, 1.165) is 46.5 Å². The smallest absolute Gasteiger partial charge is 0.152 e. The number of aliphatic imine (C=N–C) groups is 1. The Kier molecular flexibility index (Phi) is 14.7. The van der Waals surface area contributed by atoms with Gasteiger partial charge in [0.25, 0.3) is 0 Å². The second kappa shape index (κ2) is 16.6. The Morgan fingerprint density at radius 2 is 1.92 bits per heavy atom. The molecule has 3 aromatic rings. The first kappa shape index (κ1) is 34.5. The van der Waals surface area contributed by atoms with Crippen molar-refractivity contribution in [2.24, 2.45) is 4.99 Å². The lowest BCUT2D eigenvalue weighted by Gasteiger charge is -2.28. The highest BCUT2D eigenvalue weighted by Crippen LogP contribution is 2.32. The summed E-state index contributed by atoms with van der Waals surface area (Å²) in [6, 6.07) is 11.3. The minimum Gasteiger partial charge on any atom is -0.491 e. The van der Waals surface area contributed by atoms with Crippen molar-refractivity contribution in [3.8, 4) is 5.75 Å². The quantitative estimate of drug-likeness (QED) is 0.194. The number of sulfone groups is 1. The van der Waals surface area contributed by atoms with Gasteiger partial charge in [0.1, 0.15) is 22.0 Å². The van der Waals surface area contributed by atoms with Crippen molar-refractivity contribution in [1.82, 2.24) is 14.9 Å². The zero-order valence-corrected chi connectivity index (χ0v) is 24.0. The number of hydrogen-bond donors (Lipinski definition) is 5. The molecule has 2 aliphatic heterocycles. The molecule has 0 bridgehead atoms. The van der Waals surface area contributed by atoms with E-state index in [1.54, 1.807) is 17.8 Å². The van der Waals surface area contributed by atoms with E-state index in [1.165, 1.54) is 0 Å². The van der Waals surface area contributed by atoms with Crippen LogP contribution in [0.5, 0.6) is 5.75 Å². The fourth-order valence-electron chi connectivity index (χ4n) is 3.86. The maximum Gasteiger partial charge on any atom is 0.152 e. The first-order valence-electron chi connectivity index (χ1n) is 11.7. The molecule has 1 fully saturated rings. The van der Waals surface area contributed by atoms with Gasteiger partial charge in [-0.1, -0.05) is 30.0 Å². The molecule has 0 amide bonds. The third-order valence-corrected chi connectivity index (χ3v) is 8.69. The number of aromatic nitrogens is 2. The predicted molar refractivity (Wildman–Crippen MR) is 160 cm³/mol. The molecule has 0 saturated carbocycles. The summed E-state index contributed by atoms with van der Waals surface area (Å²) in [7, 11) is -1.85. The van der Waals surface area contributed by atoms with Gasteiger partial charge in [0, 0.05) is 49.6 Å². The minimum atomic E-state index is -2.85. The maximum atomic E-state index is 11.6. The van der Waals surface area contributed by atoms with E-state index in [9.17, 15) is 8.42 Å². The van der Waals surface area contributed by atoms with E-state index in [4.69, 9.17) is 32.9 Å². The number of nitrogen functional groups attached to an aromatic ring is 1. The number of benzene rings is 1. The zero-order valence-electron chi connectivity index (χ0n) is 21.6. The lowest BCUT2D eigenvalue weighted by Crippen LogP contribution is -2.43.